The van der Waals surface area contributed by atoms with E-state index in [1.54, 1.807) is 0 Å². The number of aryl methyl sites for hydroxylation is 1. The number of anilines is 2. The Bertz CT molecular complexity index is 623. The quantitative estimate of drug-likeness (QED) is 0.766. The number of benzene rings is 1. The van der Waals surface area contributed by atoms with Gasteiger partial charge in [0.1, 0.15) is 16.8 Å². The van der Waals surface area contributed by atoms with Gasteiger partial charge in [0, 0.05) is 17.2 Å². The third kappa shape index (κ3) is 3.73. The van der Waals surface area contributed by atoms with Crippen molar-refractivity contribution < 1.29 is 0 Å². The molecule has 0 saturated carbocycles. The summed E-state index contributed by atoms with van der Waals surface area (Å²) in [6, 6.07) is 8.32. The van der Waals surface area contributed by atoms with Crippen LogP contribution >= 0.6 is 11.6 Å². The highest BCUT2D eigenvalue weighted by Gasteiger charge is 2.13. The minimum atomic E-state index is 0.245. The SMILES string of the molecule is CCCc1ccccc1Nc1nc(C(C)C)nc(Cl)c1C. The topological polar surface area (TPSA) is 37.8 Å². The van der Waals surface area contributed by atoms with E-state index in [4.69, 9.17) is 11.6 Å². The second-order valence-corrected chi connectivity index (χ2v) is 5.89. The summed E-state index contributed by atoms with van der Waals surface area (Å²) in [6.07, 6.45) is 2.15. The molecule has 21 heavy (non-hydrogen) atoms. The van der Waals surface area contributed by atoms with Gasteiger partial charge in [-0.05, 0) is 25.0 Å². The molecule has 0 aliphatic rings. The molecule has 0 radical (unpaired) electrons. The Morgan fingerprint density at radius 3 is 2.57 bits per heavy atom. The van der Waals surface area contributed by atoms with Crippen molar-refractivity contribution in [3.63, 3.8) is 0 Å². The van der Waals surface area contributed by atoms with Crippen LogP contribution in [0.5, 0.6) is 0 Å². The Kier molecular flexibility index (Phi) is 5.18. The third-order valence-corrected chi connectivity index (χ3v) is 3.78. The molecule has 0 aliphatic carbocycles. The molecule has 112 valence electrons. The molecule has 0 bridgehead atoms. The second-order valence-electron chi connectivity index (χ2n) is 5.53. The summed E-state index contributed by atoms with van der Waals surface area (Å²) in [5.41, 5.74) is 3.26. The van der Waals surface area contributed by atoms with Crippen molar-refractivity contribution in [2.45, 2.75) is 46.5 Å². The van der Waals surface area contributed by atoms with E-state index in [0.717, 1.165) is 35.7 Å². The normalized spacial score (nSPS) is 11.0. The lowest BCUT2D eigenvalue weighted by molar-refractivity contribution is 0.773. The molecular weight excluding hydrogens is 282 g/mol. The minimum Gasteiger partial charge on any atom is -0.340 e. The summed E-state index contributed by atoms with van der Waals surface area (Å²) in [5, 5.41) is 3.94. The van der Waals surface area contributed by atoms with Crippen LogP contribution in [0.4, 0.5) is 11.5 Å². The number of para-hydroxylation sites is 1. The van der Waals surface area contributed by atoms with Crippen LogP contribution in [-0.2, 0) is 6.42 Å². The summed E-state index contributed by atoms with van der Waals surface area (Å²) in [7, 11) is 0. The second kappa shape index (κ2) is 6.90. The first-order valence-corrected chi connectivity index (χ1v) is 7.79. The van der Waals surface area contributed by atoms with Crippen molar-refractivity contribution in [2.24, 2.45) is 0 Å². The zero-order valence-corrected chi connectivity index (χ0v) is 13.8. The Hall–Kier alpha value is -1.61. The summed E-state index contributed by atoms with van der Waals surface area (Å²) >= 11 is 6.24. The smallest absolute Gasteiger partial charge is 0.138 e. The first kappa shape index (κ1) is 15.8. The number of hydrogen-bond acceptors (Lipinski definition) is 3. The zero-order chi connectivity index (χ0) is 15.4. The van der Waals surface area contributed by atoms with Gasteiger partial charge in [-0.25, -0.2) is 9.97 Å². The fourth-order valence-corrected chi connectivity index (χ4v) is 2.32. The maximum absolute atomic E-state index is 6.24. The minimum absolute atomic E-state index is 0.245. The first-order chi connectivity index (χ1) is 10.0. The lowest BCUT2D eigenvalue weighted by Crippen LogP contribution is -2.06. The van der Waals surface area contributed by atoms with Gasteiger partial charge < -0.3 is 5.32 Å². The molecule has 1 heterocycles. The van der Waals surface area contributed by atoms with E-state index in [9.17, 15) is 0 Å². The fourth-order valence-electron chi connectivity index (χ4n) is 2.14. The molecule has 0 spiro atoms. The molecular formula is C17H22ClN3. The summed E-state index contributed by atoms with van der Waals surface area (Å²) < 4.78 is 0. The van der Waals surface area contributed by atoms with Crippen LogP contribution in [0.1, 0.15) is 50.1 Å². The lowest BCUT2D eigenvalue weighted by Gasteiger charge is -2.15. The highest BCUT2D eigenvalue weighted by atomic mass is 35.5. The van der Waals surface area contributed by atoms with Crippen molar-refractivity contribution in [2.75, 3.05) is 5.32 Å². The largest absolute Gasteiger partial charge is 0.340 e. The van der Waals surface area contributed by atoms with E-state index in [2.05, 4.69) is 54.3 Å². The van der Waals surface area contributed by atoms with Gasteiger partial charge in [-0.2, -0.15) is 0 Å². The van der Waals surface area contributed by atoms with Gasteiger partial charge in [0.05, 0.1) is 0 Å². The van der Waals surface area contributed by atoms with Gasteiger partial charge >= 0.3 is 0 Å². The molecule has 1 aromatic carbocycles. The van der Waals surface area contributed by atoms with Crippen LogP contribution in [0, 0.1) is 6.92 Å². The van der Waals surface area contributed by atoms with E-state index in [-0.39, 0.29) is 5.92 Å². The molecule has 0 saturated heterocycles. The molecule has 4 heteroatoms. The molecule has 1 aromatic heterocycles. The molecule has 0 aliphatic heterocycles. The van der Waals surface area contributed by atoms with Crippen LogP contribution < -0.4 is 5.32 Å². The van der Waals surface area contributed by atoms with Gasteiger partial charge in [0.15, 0.2) is 0 Å². The number of halogens is 1. The van der Waals surface area contributed by atoms with Crippen LogP contribution in [0.15, 0.2) is 24.3 Å². The molecule has 0 amide bonds. The summed E-state index contributed by atoms with van der Waals surface area (Å²) in [6.45, 7) is 8.25. The monoisotopic (exact) mass is 303 g/mol. The van der Waals surface area contributed by atoms with Crippen molar-refractivity contribution >= 4 is 23.1 Å². The molecule has 0 atom stereocenters. The molecule has 3 nitrogen and oxygen atoms in total. The average Bonchev–Trinajstić information content (AvgIpc) is 2.45. The first-order valence-electron chi connectivity index (χ1n) is 7.41. The number of nitrogens with zero attached hydrogens (tertiary/aromatic N) is 2. The average molecular weight is 304 g/mol. The van der Waals surface area contributed by atoms with Crippen LogP contribution in [0.3, 0.4) is 0 Å². The number of hydrogen-bond donors (Lipinski definition) is 1. The number of nitrogens with one attached hydrogen (secondary N) is 1. The van der Waals surface area contributed by atoms with Crippen LogP contribution in [-0.4, -0.2) is 9.97 Å². The van der Waals surface area contributed by atoms with E-state index in [1.165, 1.54) is 5.56 Å². The highest BCUT2D eigenvalue weighted by molar-refractivity contribution is 6.30. The Morgan fingerprint density at radius 2 is 1.90 bits per heavy atom. The number of rotatable bonds is 5. The van der Waals surface area contributed by atoms with Crippen molar-refractivity contribution in [3.8, 4) is 0 Å². The van der Waals surface area contributed by atoms with Crippen molar-refractivity contribution in [3.05, 3.63) is 46.4 Å². The van der Waals surface area contributed by atoms with Gasteiger partial charge in [-0.15, -0.1) is 0 Å². The molecule has 0 fully saturated rings. The molecule has 2 rings (SSSR count). The predicted octanol–water partition coefficient (Wildman–Crippen LogP) is 5.26. The van der Waals surface area contributed by atoms with Gasteiger partial charge in [-0.1, -0.05) is 57.0 Å². The van der Waals surface area contributed by atoms with E-state index in [0.29, 0.717) is 5.15 Å². The third-order valence-electron chi connectivity index (χ3n) is 3.41. The lowest BCUT2D eigenvalue weighted by atomic mass is 10.1. The van der Waals surface area contributed by atoms with E-state index in [1.807, 2.05) is 13.0 Å². The Balaban J connectivity index is 2.39. The fraction of sp³-hybridized carbons (Fsp3) is 0.412. The standard InChI is InChI=1S/C17H22ClN3/c1-5-8-13-9-6-7-10-14(13)19-17-12(4)15(18)20-16(21-17)11(2)3/h6-7,9-11H,5,8H2,1-4H3,(H,19,20,21). The Labute approximate surface area is 131 Å². The van der Waals surface area contributed by atoms with E-state index >= 15 is 0 Å². The maximum Gasteiger partial charge on any atom is 0.138 e. The van der Waals surface area contributed by atoms with Crippen LogP contribution in [0.2, 0.25) is 5.15 Å². The van der Waals surface area contributed by atoms with Gasteiger partial charge in [-0.3, -0.25) is 0 Å². The van der Waals surface area contributed by atoms with Crippen molar-refractivity contribution in [1.29, 1.82) is 0 Å². The summed E-state index contributed by atoms with van der Waals surface area (Å²) in [5.74, 6) is 1.80. The molecule has 0 unspecified atom stereocenters. The highest BCUT2D eigenvalue weighted by Crippen LogP contribution is 2.27. The predicted molar refractivity (Wildman–Crippen MR) is 89.6 cm³/mol. The van der Waals surface area contributed by atoms with Gasteiger partial charge in [0.25, 0.3) is 0 Å². The number of aromatic nitrogens is 2. The maximum atomic E-state index is 6.24. The summed E-state index contributed by atoms with van der Waals surface area (Å²) in [4.78, 5) is 8.97. The Morgan fingerprint density at radius 1 is 1.19 bits per heavy atom. The van der Waals surface area contributed by atoms with E-state index < -0.39 is 0 Å². The van der Waals surface area contributed by atoms with Crippen LogP contribution in [0.25, 0.3) is 0 Å². The molecule has 1 N–H and O–H groups in total. The zero-order valence-electron chi connectivity index (χ0n) is 13.1. The van der Waals surface area contributed by atoms with Gasteiger partial charge in [0.2, 0.25) is 0 Å². The molecule has 2 aromatic rings. The van der Waals surface area contributed by atoms with Crippen molar-refractivity contribution in [1.82, 2.24) is 9.97 Å².